The highest BCUT2D eigenvalue weighted by Crippen LogP contribution is 2.24. The standard InChI is InChI=1S/C14H18N4/c1-2-7-18-14(10-15-17-18)16-13-8-11-5-3-4-6-12(11)9-13/h3-6,10,13,16H,2,7-9H2,1H3. The Morgan fingerprint density at radius 3 is 2.67 bits per heavy atom. The van der Waals surface area contributed by atoms with E-state index >= 15 is 0 Å². The molecule has 94 valence electrons. The highest BCUT2D eigenvalue weighted by molar-refractivity contribution is 5.40. The van der Waals surface area contributed by atoms with Gasteiger partial charge in [0.05, 0.1) is 6.20 Å². The predicted octanol–water partition coefficient (Wildman–Crippen LogP) is 2.27. The van der Waals surface area contributed by atoms with Gasteiger partial charge in [-0.2, -0.15) is 0 Å². The van der Waals surface area contributed by atoms with Gasteiger partial charge >= 0.3 is 0 Å². The van der Waals surface area contributed by atoms with Crippen LogP contribution < -0.4 is 5.32 Å². The van der Waals surface area contributed by atoms with E-state index in [1.54, 1.807) is 0 Å². The summed E-state index contributed by atoms with van der Waals surface area (Å²) in [7, 11) is 0. The van der Waals surface area contributed by atoms with Gasteiger partial charge in [0.1, 0.15) is 5.82 Å². The molecule has 4 heteroatoms. The minimum atomic E-state index is 0.469. The van der Waals surface area contributed by atoms with Crippen molar-refractivity contribution >= 4 is 5.82 Å². The zero-order valence-corrected chi connectivity index (χ0v) is 10.6. The summed E-state index contributed by atoms with van der Waals surface area (Å²) in [6, 6.07) is 9.14. The van der Waals surface area contributed by atoms with Crippen LogP contribution in [-0.2, 0) is 19.4 Å². The Morgan fingerprint density at radius 1 is 1.28 bits per heavy atom. The molecular formula is C14H18N4. The van der Waals surface area contributed by atoms with Crippen LogP contribution in [-0.4, -0.2) is 21.0 Å². The summed E-state index contributed by atoms with van der Waals surface area (Å²) in [6.07, 6.45) is 5.07. The number of hydrogen-bond acceptors (Lipinski definition) is 3. The molecule has 0 radical (unpaired) electrons. The number of rotatable bonds is 4. The van der Waals surface area contributed by atoms with Gasteiger partial charge in [0.2, 0.25) is 0 Å². The highest BCUT2D eigenvalue weighted by Gasteiger charge is 2.21. The fraction of sp³-hybridized carbons (Fsp3) is 0.429. The number of nitrogens with one attached hydrogen (secondary N) is 1. The fourth-order valence-corrected chi connectivity index (χ4v) is 2.62. The van der Waals surface area contributed by atoms with Crippen LogP contribution in [0.4, 0.5) is 5.82 Å². The fourth-order valence-electron chi connectivity index (χ4n) is 2.62. The lowest BCUT2D eigenvalue weighted by molar-refractivity contribution is 0.578. The van der Waals surface area contributed by atoms with Crippen molar-refractivity contribution in [3.05, 3.63) is 41.6 Å². The smallest absolute Gasteiger partial charge is 0.145 e. The van der Waals surface area contributed by atoms with E-state index in [-0.39, 0.29) is 0 Å². The van der Waals surface area contributed by atoms with Crippen molar-refractivity contribution in [2.45, 2.75) is 38.8 Å². The van der Waals surface area contributed by atoms with Crippen molar-refractivity contribution in [2.24, 2.45) is 0 Å². The van der Waals surface area contributed by atoms with Crippen LogP contribution in [0.3, 0.4) is 0 Å². The first-order valence-electron chi connectivity index (χ1n) is 6.58. The van der Waals surface area contributed by atoms with E-state index in [0.717, 1.165) is 31.6 Å². The van der Waals surface area contributed by atoms with E-state index in [1.807, 2.05) is 10.9 Å². The van der Waals surface area contributed by atoms with Crippen molar-refractivity contribution < 1.29 is 0 Å². The van der Waals surface area contributed by atoms with Crippen molar-refractivity contribution in [2.75, 3.05) is 5.32 Å². The van der Waals surface area contributed by atoms with Gasteiger partial charge in [-0.25, -0.2) is 4.68 Å². The third-order valence-electron chi connectivity index (χ3n) is 3.46. The van der Waals surface area contributed by atoms with Gasteiger partial charge in [-0.3, -0.25) is 0 Å². The summed E-state index contributed by atoms with van der Waals surface area (Å²) in [4.78, 5) is 0. The van der Waals surface area contributed by atoms with Crippen LogP contribution in [0.25, 0.3) is 0 Å². The summed E-state index contributed by atoms with van der Waals surface area (Å²) < 4.78 is 1.95. The minimum Gasteiger partial charge on any atom is -0.366 e. The minimum absolute atomic E-state index is 0.469. The second kappa shape index (κ2) is 4.80. The first-order chi connectivity index (χ1) is 8.86. The largest absolute Gasteiger partial charge is 0.366 e. The summed E-state index contributed by atoms with van der Waals surface area (Å²) in [5, 5.41) is 11.6. The van der Waals surface area contributed by atoms with Gasteiger partial charge in [0.15, 0.2) is 0 Å². The number of hydrogen-bond donors (Lipinski definition) is 1. The number of fused-ring (bicyclic) bond motifs is 1. The van der Waals surface area contributed by atoms with Crippen LogP contribution in [0, 0.1) is 0 Å². The SMILES string of the molecule is CCCn1nncc1NC1Cc2ccccc2C1. The third-order valence-corrected chi connectivity index (χ3v) is 3.46. The average molecular weight is 242 g/mol. The molecule has 0 fully saturated rings. The molecule has 0 spiro atoms. The summed E-state index contributed by atoms with van der Waals surface area (Å²) in [5.74, 6) is 1.04. The van der Waals surface area contributed by atoms with Gasteiger partial charge in [-0.15, -0.1) is 5.10 Å². The van der Waals surface area contributed by atoms with Crippen LogP contribution in [0.5, 0.6) is 0 Å². The second-order valence-corrected chi connectivity index (χ2v) is 4.86. The van der Waals surface area contributed by atoms with Crippen LogP contribution in [0.2, 0.25) is 0 Å². The van der Waals surface area contributed by atoms with E-state index in [0.29, 0.717) is 6.04 Å². The van der Waals surface area contributed by atoms with E-state index in [4.69, 9.17) is 0 Å². The Hall–Kier alpha value is -1.84. The molecule has 18 heavy (non-hydrogen) atoms. The maximum atomic E-state index is 4.10. The normalized spacial score (nSPS) is 14.7. The van der Waals surface area contributed by atoms with E-state index in [9.17, 15) is 0 Å². The lowest BCUT2D eigenvalue weighted by Gasteiger charge is -2.13. The molecule has 0 amide bonds. The van der Waals surface area contributed by atoms with Crippen LogP contribution in [0.15, 0.2) is 30.5 Å². The number of aromatic nitrogens is 3. The molecule has 0 unspecified atom stereocenters. The number of benzene rings is 1. The molecule has 3 rings (SSSR count). The molecule has 1 aromatic carbocycles. The Labute approximate surface area is 107 Å². The zero-order chi connectivity index (χ0) is 12.4. The molecule has 1 heterocycles. The molecule has 1 N–H and O–H groups in total. The summed E-state index contributed by atoms with van der Waals surface area (Å²) in [6.45, 7) is 3.07. The highest BCUT2D eigenvalue weighted by atomic mass is 15.5. The molecule has 0 atom stereocenters. The lowest BCUT2D eigenvalue weighted by atomic mass is 10.1. The first kappa shape index (κ1) is 11.3. The number of nitrogens with zero attached hydrogens (tertiary/aromatic N) is 3. The van der Waals surface area contributed by atoms with Crippen molar-refractivity contribution in [3.63, 3.8) is 0 Å². The van der Waals surface area contributed by atoms with Crippen LogP contribution in [0.1, 0.15) is 24.5 Å². The Morgan fingerprint density at radius 2 is 2.00 bits per heavy atom. The molecule has 4 nitrogen and oxygen atoms in total. The maximum absolute atomic E-state index is 4.10. The first-order valence-corrected chi connectivity index (χ1v) is 6.58. The van der Waals surface area contributed by atoms with Gasteiger partial charge in [-0.1, -0.05) is 36.4 Å². The predicted molar refractivity (Wildman–Crippen MR) is 71.6 cm³/mol. The molecule has 0 bridgehead atoms. The monoisotopic (exact) mass is 242 g/mol. The average Bonchev–Trinajstić information content (AvgIpc) is 2.97. The number of anilines is 1. The van der Waals surface area contributed by atoms with Crippen LogP contribution >= 0.6 is 0 Å². The summed E-state index contributed by atoms with van der Waals surface area (Å²) in [5.41, 5.74) is 2.93. The van der Waals surface area contributed by atoms with Gasteiger partial charge in [0.25, 0.3) is 0 Å². The van der Waals surface area contributed by atoms with Crippen molar-refractivity contribution in [1.82, 2.24) is 15.0 Å². The van der Waals surface area contributed by atoms with Crippen molar-refractivity contribution in [3.8, 4) is 0 Å². The second-order valence-electron chi connectivity index (χ2n) is 4.86. The molecular weight excluding hydrogens is 224 g/mol. The van der Waals surface area contributed by atoms with E-state index < -0.39 is 0 Å². The quantitative estimate of drug-likeness (QED) is 0.894. The molecule has 2 aromatic rings. The molecule has 0 saturated heterocycles. The summed E-state index contributed by atoms with van der Waals surface area (Å²) >= 11 is 0. The Balaban J connectivity index is 1.70. The third kappa shape index (κ3) is 2.10. The molecule has 1 aliphatic rings. The Kier molecular flexibility index (Phi) is 3.00. The molecule has 1 aromatic heterocycles. The molecule has 0 aliphatic heterocycles. The zero-order valence-electron chi connectivity index (χ0n) is 10.6. The van der Waals surface area contributed by atoms with Gasteiger partial charge < -0.3 is 5.32 Å². The maximum Gasteiger partial charge on any atom is 0.145 e. The van der Waals surface area contributed by atoms with E-state index in [2.05, 4.69) is 46.8 Å². The molecule has 0 saturated carbocycles. The molecule has 1 aliphatic carbocycles. The topological polar surface area (TPSA) is 42.7 Å². The van der Waals surface area contributed by atoms with Gasteiger partial charge in [0, 0.05) is 12.6 Å². The van der Waals surface area contributed by atoms with E-state index in [1.165, 1.54) is 11.1 Å². The number of aryl methyl sites for hydroxylation is 1. The Bertz CT molecular complexity index is 507. The van der Waals surface area contributed by atoms with Gasteiger partial charge in [-0.05, 0) is 30.4 Å². The lowest BCUT2D eigenvalue weighted by Crippen LogP contribution is -2.21. The van der Waals surface area contributed by atoms with Crippen molar-refractivity contribution in [1.29, 1.82) is 0 Å².